The van der Waals surface area contributed by atoms with Crippen LogP contribution in [0.2, 0.25) is 0 Å². The number of nitrogens with zero attached hydrogens (tertiary/aromatic N) is 2. The van der Waals surface area contributed by atoms with Crippen LogP contribution in [-0.2, 0) is 0 Å². The number of nitrogens with one attached hydrogen (secondary N) is 3. The molecule has 0 aliphatic carbocycles. The minimum Gasteiger partial charge on any atom is -0.369 e. The first-order valence-corrected chi connectivity index (χ1v) is 7.81. The van der Waals surface area contributed by atoms with Crippen LogP contribution in [0.1, 0.15) is 40.5 Å². The Morgan fingerprint density at radius 2 is 1.95 bits per heavy atom. The molecule has 0 saturated heterocycles. The summed E-state index contributed by atoms with van der Waals surface area (Å²) in [6.07, 6.45) is 5.86. The van der Waals surface area contributed by atoms with E-state index in [9.17, 15) is 0 Å². The Labute approximate surface area is 128 Å². The van der Waals surface area contributed by atoms with Gasteiger partial charge in [-0.2, -0.15) is 0 Å². The van der Waals surface area contributed by atoms with Crippen LogP contribution < -0.4 is 10.6 Å². The highest BCUT2D eigenvalue weighted by atomic mass is 15.0. The van der Waals surface area contributed by atoms with Crippen LogP contribution in [0.4, 0.5) is 5.82 Å². The van der Waals surface area contributed by atoms with Gasteiger partial charge in [0.2, 0.25) is 0 Å². The van der Waals surface area contributed by atoms with E-state index in [1.54, 1.807) is 6.33 Å². The lowest BCUT2D eigenvalue weighted by Gasteiger charge is -2.10. The van der Waals surface area contributed by atoms with Gasteiger partial charge >= 0.3 is 0 Å². The third-order valence-corrected chi connectivity index (χ3v) is 3.77. The van der Waals surface area contributed by atoms with Crippen LogP contribution in [0, 0.1) is 5.92 Å². The molecule has 0 bridgehead atoms. The first-order valence-electron chi connectivity index (χ1n) is 7.81. The molecule has 0 fully saturated rings. The molecule has 2 heterocycles. The van der Waals surface area contributed by atoms with Gasteiger partial charge in [-0.05, 0) is 32.4 Å². The van der Waals surface area contributed by atoms with Crippen LogP contribution in [0.15, 0.2) is 18.6 Å². The van der Waals surface area contributed by atoms with Crippen molar-refractivity contribution >= 4 is 16.9 Å². The van der Waals surface area contributed by atoms with Crippen molar-refractivity contribution in [3.63, 3.8) is 0 Å². The zero-order chi connectivity index (χ0) is 15.7. The molecule has 0 radical (unpaired) electrons. The monoisotopic (exact) mass is 291 g/mol. The molecule has 2 atom stereocenters. The first kappa shape index (κ1) is 17.4. The third kappa shape index (κ3) is 5.71. The van der Waals surface area contributed by atoms with Gasteiger partial charge in [0, 0.05) is 18.8 Å². The average molecular weight is 291 g/mol. The maximum Gasteiger partial charge on any atom is 0.142 e. The van der Waals surface area contributed by atoms with E-state index in [4.69, 9.17) is 0 Å². The SMILES string of the molecule is CCC(C)CNc1ncnc2[nH]ccc12.CCC(C)NC. The van der Waals surface area contributed by atoms with E-state index in [0.29, 0.717) is 12.0 Å². The van der Waals surface area contributed by atoms with E-state index in [2.05, 4.69) is 53.3 Å². The van der Waals surface area contributed by atoms with Gasteiger partial charge in [-0.25, -0.2) is 9.97 Å². The molecule has 2 rings (SSSR count). The van der Waals surface area contributed by atoms with Crippen LogP contribution in [0.3, 0.4) is 0 Å². The molecule has 5 heteroatoms. The van der Waals surface area contributed by atoms with Crippen LogP contribution >= 0.6 is 0 Å². The summed E-state index contributed by atoms with van der Waals surface area (Å²) in [4.78, 5) is 11.5. The van der Waals surface area contributed by atoms with Crippen molar-refractivity contribution in [3.8, 4) is 0 Å². The lowest BCUT2D eigenvalue weighted by molar-refractivity contribution is 0.593. The highest BCUT2D eigenvalue weighted by molar-refractivity contribution is 5.86. The second kappa shape index (κ2) is 9.34. The molecule has 2 aromatic heterocycles. The number of H-pyrrole nitrogens is 1. The van der Waals surface area contributed by atoms with E-state index in [1.165, 1.54) is 12.8 Å². The molecule has 0 aromatic carbocycles. The summed E-state index contributed by atoms with van der Waals surface area (Å²) in [5.74, 6) is 1.58. The second-order valence-electron chi connectivity index (χ2n) is 5.45. The molecule has 21 heavy (non-hydrogen) atoms. The lowest BCUT2D eigenvalue weighted by Crippen LogP contribution is -2.19. The zero-order valence-electron chi connectivity index (χ0n) is 13.9. The summed E-state index contributed by atoms with van der Waals surface area (Å²) in [5.41, 5.74) is 0.886. The van der Waals surface area contributed by atoms with E-state index in [-0.39, 0.29) is 0 Å². The molecule has 0 spiro atoms. The van der Waals surface area contributed by atoms with Gasteiger partial charge in [0.05, 0.1) is 5.39 Å². The van der Waals surface area contributed by atoms with Crippen molar-refractivity contribution in [2.24, 2.45) is 5.92 Å². The summed E-state index contributed by atoms with van der Waals surface area (Å²) in [6, 6.07) is 2.68. The van der Waals surface area contributed by atoms with Gasteiger partial charge in [-0.1, -0.05) is 27.2 Å². The number of rotatable bonds is 6. The largest absolute Gasteiger partial charge is 0.369 e. The summed E-state index contributed by atoms with van der Waals surface area (Å²) in [7, 11) is 1.98. The second-order valence-corrected chi connectivity index (χ2v) is 5.45. The molecule has 118 valence electrons. The molecular weight excluding hydrogens is 262 g/mol. The van der Waals surface area contributed by atoms with Crippen molar-refractivity contribution < 1.29 is 0 Å². The highest BCUT2D eigenvalue weighted by Crippen LogP contribution is 2.17. The van der Waals surface area contributed by atoms with Gasteiger partial charge < -0.3 is 15.6 Å². The van der Waals surface area contributed by atoms with Crippen molar-refractivity contribution in [2.75, 3.05) is 18.9 Å². The summed E-state index contributed by atoms with van der Waals surface area (Å²) >= 11 is 0. The Morgan fingerprint density at radius 3 is 2.52 bits per heavy atom. The normalized spacial score (nSPS) is 13.4. The van der Waals surface area contributed by atoms with E-state index in [1.807, 2.05) is 19.3 Å². The predicted octanol–water partition coefficient (Wildman–Crippen LogP) is 3.42. The van der Waals surface area contributed by atoms with Crippen molar-refractivity contribution in [1.29, 1.82) is 0 Å². The standard InChI is InChI=1S/C11H16N4.C5H13N/c1-3-8(2)6-13-11-9-4-5-12-10(9)14-7-15-11;1-4-5(2)6-3/h4-5,7-8H,3,6H2,1-2H3,(H2,12,13,14,15);5-6H,4H2,1-3H3. The number of fused-ring (bicyclic) bond motifs is 1. The number of anilines is 1. The van der Waals surface area contributed by atoms with Crippen LogP contribution in [0.5, 0.6) is 0 Å². The summed E-state index contributed by atoms with van der Waals surface area (Å²) in [6.45, 7) is 9.70. The summed E-state index contributed by atoms with van der Waals surface area (Å²) in [5, 5.41) is 7.52. The molecule has 5 nitrogen and oxygen atoms in total. The van der Waals surface area contributed by atoms with E-state index < -0.39 is 0 Å². The number of aromatic nitrogens is 3. The van der Waals surface area contributed by atoms with Gasteiger partial charge in [-0.15, -0.1) is 0 Å². The van der Waals surface area contributed by atoms with Gasteiger partial charge in [0.25, 0.3) is 0 Å². The van der Waals surface area contributed by atoms with Gasteiger partial charge in [0.15, 0.2) is 0 Å². The van der Waals surface area contributed by atoms with Crippen LogP contribution in [0.25, 0.3) is 11.0 Å². The average Bonchev–Trinajstić information content (AvgIpc) is 3.01. The van der Waals surface area contributed by atoms with E-state index in [0.717, 1.165) is 23.4 Å². The van der Waals surface area contributed by atoms with Gasteiger partial charge in [0.1, 0.15) is 17.8 Å². The van der Waals surface area contributed by atoms with Crippen LogP contribution in [-0.4, -0.2) is 34.6 Å². The summed E-state index contributed by atoms with van der Waals surface area (Å²) < 4.78 is 0. The molecule has 2 aromatic rings. The highest BCUT2D eigenvalue weighted by Gasteiger charge is 2.04. The molecule has 0 aliphatic heterocycles. The topological polar surface area (TPSA) is 65.6 Å². The zero-order valence-corrected chi connectivity index (χ0v) is 13.9. The van der Waals surface area contributed by atoms with Crippen molar-refractivity contribution in [2.45, 2.75) is 46.6 Å². The third-order valence-electron chi connectivity index (χ3n) is 3.77. The lowest BCUT2D eigenvalue weighted by atomic mass is 10.1. The number of hydrogen-bond donors (Lipinski definition) is 3. The van der Waals surface area contributed by atoms with E-state index >= 15 is 0 Å². The molecule has 0 saturated carbocycles. The molecule has 2 unspecified atom stereocenters. The minimum absolute atomic E-state index is 0.661. The van der Waals surface area contributed by atoms with Crippen molar-refractivity contribution in [3.05, 3.63) is 18.6 Å². The maximum atomic E-state index is 4.24. The smallest absolute Gasteiger partial charge is 0.142 e. The first-order chi connectivity index (χ1) is 10.1. The Kier molecular flexibility index (Phi) is 7.75. The fourth-order valence-electron chi connectivity index (χ4n) is 1.63. The Hall–Kier alpha value is -1.62. The maximum absolute atomic E-state index is 4.24. The molecule has 0 aliphatic rings. The van der Waals surface area contributed by atoms with Crippen molar-refractivity contribution in [1.82, 2.24) is 20.3 Å². The molecule has 0 amide bonds. The quantitative estimate of drug-likeness (QED) is 0.763. The Balaban J connectivity index is 0.000000315. The van der Waals surface area contributed by atoms with Gasteiger partial charge in [-0.3, -0.25) is 0 Å². The fraction of sp³-hybridized carbons (Fsp3) is 0.625. The molecular formula is C16H29N5. The minimum atomic E-state index is 0.661. The number of hydrogen-bond acceptors (Lipinski definition) is 4. The Bertz CT molecular complexity index is 504. The fourth-order valence-corrected chi connectivity index (χ4v) is 1.63. The predicted molar refractivity (Wildman–Crippen MR) is 90.6 cm³/mol. The number of aromatic amines is 1. The Morgan fingerprint density at radius 1 is 1.19 bits per heavy atom. The molecule has 3 N–H and O–H groups in total.